The molecule has 0 aliphatic rings. The fourth-order valence-electron chi connectivity index (χ4n) is 1.69. The van der Waals surface area contributed by atoms with Gasteiger partial charge in [-0.05, 0) is 19.2 Å². The van der Waals surface area contributed by atoms with Crippen LogP contribution >= 0.6 is 0 Å². The Labute approximate surface area is 101 Å². The van der Waals surface area contributed by atoms with Crippen LogP contribution in [0.2, 0.25) is 0 Å². The van der Waals surface area contributed by atoms with E-state index in [1.807, 2.05) is 0 Å². The minimum Gasteiger partial charge on any atom is -0.304 e. The van der Waals surface area contributed by atoms with E-state index < -0.39 is 12.2 Å². The lowest BCUT2D eigenvalue weighted by molar-refractivity contribution is -0.157. The third kappa shape index (κ3) is 2.35. The van der Waals surface area contributed by atoms with Crippen LogP contribution in [0, 0.1) is 0 Å². The van der Waals surface area contributed by atoms with Gasteiger partial charge in [0.15, 0.2) is 0 Å². The zero-order valence-electron chi connectivity index (χ0n) is 9.52. The van der Waals surface area contributed by atoms with Gasteiger partial charge in [-0.25, -0.2) is 4.68 Å². The molecule has 0 aliphatic heterocycles. The van der Waals surface area contributed by atoms with Crippen molar-refractivity contribution in [2.75, 3.05) is 7.05 Å². The van der Waals surface area contributed by atoms with Crippen molar-refractivity contribution in [2.24, 2.45) is 0 Å². The van der Waals surface area contributed by atoms with Crippen molar-refractivity contribution in [1.29, 1.82) is 0 Å². The number of para-hydroxylation sites is 1. The molecule has 0 saturated heterocycles. The Hall–Kier alpha value is -1.89. The lowest BCUT2D eigenvalue weighted by Gasteiger charge is -2.19. The van der Waals surface area contributed by atoms with E-state index in [-0.39, 0.29) is 5.69 Å². The molecule has 96 valence electrons. The highest BCUT2D eigenvalue weighted by Crippen LogP contribution is 2.32. The molecule has 1 unspecified atom stereocenters. The fraction of sp³-hybridized carbons (Fsp3) is 0.273. The summed E-state index contributed by atoms with van der Waals surface area (Å²) in [6.07, 6.45) is -3.29. The van der Waals surface area contributed by atoms with Gasteiger partial charge in [0.25, 0.3) is 0 Å². The number of nitrogens with one attached hydrogen (secondary N) is 1. The van der Waals surface area contributed by atoms with E-state index in [0.29, 0.717) is 5.69 Å². The predicted molar refractivity (Wildman–Crippen MR) is 59.2 cm³/mol. The molecule has 1 N–H and O–H groups in total. The second kappa shape index (κ2) is 4.77. The van der Waals surface area contributed by atoms with Crippen LogP contribution in [0.25, 0.3) is 5.69 Å². The Morgan fingerprint density at radius 3 is 2.44 bits per heavy atom. The molecule has 0 fully saturated rings. The normalized spacial score (nSPS) is 13.6. The molecule has 1 heterocycles. The molecule has 1 aromatic heterocycles. The van der Waals surface area contributed by atoms with Crippen molar-refractivity contribution in [2.45, 2.75) is 12.2 Å². The molecule has 0 spiro atoms. The summed E-state index contributed by atoms with van der Waals surface area (Å²) in [5.74, 6) is 0. The van der Waals surface area contributed by atoms with Crippen molar-refractivity contribution in [3.63, 3.8) is 0 Å². The highest BCUT2D eigenvalue weighted by molar-refractivity contribution is 5.32. The number of nitrogens with zero attached hydrogens (tertiary/aromatic N) is 3. The van der Waals surface area contributed by atoms with Gasteiger partial charge in [0.2, 0.25) is 0 Å². The van der Waals surface area contributed by atoms with E-state index in [2.05, 4.69) is 15.6 Å². The summed E-state index contributed by atoms with van der Waals surface area (Å²) in [7, 11) is 1.25. The largest absolute Gasteiger partial charge is 0.409 e. The maximum Gasteiger partial charge on any atom is 0.409 e. The van der Waals surface area contributed by atoms with Crippen LogP contribution in [0.5, 0.6) is 0 Å². The van der Waals surface area contributed by atoms with Crippen LogP contribution in [0.1, 0.15) is 11.7 Å². The average molecular weight is 256 g/mol. The molecule has 1 aromatic carbocycles. The minimum atomic E-state index is -4.40. The van der Waals surface area contributed by atoms with E-state index in [1.54, 1.807) is 30.3 Å². The number of aromatic nitrogens is 3. The molecule has 18 heavy (non-hydrogen) atoms. The Kier molecular flexibility index (Phi) is 3.33. The lowest BCUT2D eigenvalue weighted by atomic mass is 10.2. The molecule has 7 heteroatoms. The summed E-state index contributed by atoms with van der Waals surface area (Å²) in [5, 5.41) is 9.48. The van der Waals surface area contributed by atoms with Crippen molar-refractivity contribution in [1.82, 2.24) is 20.3 Å². The van der Waals surface area contributed by atoms with E-state index in [0.717, 1.165) is 6.20 Å². The first-order valence-corrected chi connectivity index (χ1v) is 5.24. The van der Waals surface area contributed by atoms with Gasteiger partial charge in [-0.2, -0.15) is 13.2 Å². The molecule has 4 nitrogen and oxygen atoms in total. The van der Waals surface area contributed by atoms with Gasteiger partial charge < -0.3 is 5.32 Å². The standard InChI is InChI=1S/C11H11F3N4/c1-15-10(11(12,13)14)9-7-16-17-18(9)8-5-3-2-4-6-8/h2-7,10,15H,1H3. The van der Waals surface area contributed by atoms with E-state index in [9.17, 15) is 13.2 Å². The van der Waals surface area contributed by atoms with Crippen LogP contribution in [0.3, 0.4) is 0 Å². The molecule has 2 rings (SSSR count). The summed E-state index contributed by atoms with van der Waals surface area (Å²) in [6, 6.07) is 6.76. The molecule has 0 amide bonds. The van der Waals surface area contributed by atoms with Gasteiger partial charge in [0.1, 0.15) is 6.04 Å². The zero-order chi connectivity index (χ0) is 13.2. The maximum atomic E-state index is 12.8. The second-order valence-corrected chi connectivity index (χ2v) is 3.67. The van der Waals surface area contributed by atoms with Gasteiger partial charge in [-0.3, -0.25) is 0 Å². The highest BCUT2D eigenvalue weighted by atomic mass is 19.4. The molecular weight excluding hydrogens is 245 g/mol. The number of halogens is 3. The van der Waals surface area contributed by atoms with Crippen LogP contribution in [0.4, 0.5) is 13.2 Å². The Bertz CT molecular complexity index is 507. The molecule has 0 aliphatic carbocycles. The van der Waals surface area contributed by atoms with Crippen LogP contribution in [-0.4, -0.2) is 28.2 Å². The van der Waals surface area contributed by atoms with Gasteiger partial charge in [-0.1, -0.05) is 23.4 Å². The number of alkyl halides is 3. The SMILES string of the molecule is CNC(c1cnnn1-c1ccccc1)C(F)(F)F. The van der Waals surface area contributed by atoms with Gasteiger partial charge in [-0.15, -0.1) is 5.10 Å². The van der Waals surface area contributed by atoms with E-state index >= 15 is 0 Å². The summed E-state index contributed by atoms with van der Waals surface area (Å²) in [6.45, 7) is 0. The lowest BCUT2D eigenvalue weighted by Crippen LogP contribution is -2.33. The summed E-state index contributed by atoms with van der Waals surface area (Å²) in [4.78, 5) is 0. The van der Waals surface area contributed by atoms with Gasteiger partial charge in [0.05, 0.1) is 17.6 Å². The van der Waals surface area contributed by atoms with Crippen LogP contribution < -0.4 is 5.32 Å². The number of hydrogen-bond acceptors (Lipinski definition) is 3. The maximum absolute atomic E-state index is 12.8. The first-order chi connectivity index (χ1) is 8.54. The van der Waals surface area contributed by atoms with Crippen LogP contribution in [0.15, 0.2) is 36.5 Å². The molecule has 0 radical (unpaired) electrons. The second-order valence-electron chi connectivity index (χ2n) is 3.67. The fourth-order valence-corrected chi connectivity index (χ4v) is 1.69. The highest BCUT2D eigenvalue weighted by Gasteiger charge is 2.42. The molecule has 0 bridgehead atoms. The quantitative estimate of drug-likeness (QED) is 0.914. The minimum absolute atomic E-state index is 0.0452. The monoisotopic (exact) mass is 256 g/mol. The Balaban J connectivity index is 2.45. The summed E-state index contributed by atoms with van der Waals surface area (Å²) >= 11 is 0. The number of benzene rings is 1. The number of hydrogen-bond donors (Lipinski definition) is 1. The van der Waals surface area contributed by atoms with Gasteiger partial charge in [0, 0.05) is 0 Å². The van der Waals surface area contributed by atoms with Crippen molar-refractivity contribution >= 4 is 0 Å². The van der Waals surface area contributed by atoms with Crippen LogP contribution in [-0.2, 0) is 0 Å². The van der Waals surface area contributed by atoms with E-state index in [1.165, 1.54) is 11.7 Å². The smallest absolute Gasteiger partial charge is 0.304 e. The third-order valence-corrected chi connectivity index (χ3v) is 2.49. The van der Waals surface area contributed by atoms with Crippen molar-refractivity contribution in [3.8, 4) is 5.69 Å². The summed E-state index contributed by atoms with van der Waals surface area (Å²) < 4.78 is 39.7. The van der Waals surface area contributed by atoms with E-state index in [4.69, 9.17) is 0 Å². The van der Waals surface area contributed by atoms with Gasteiger partial charge >= 0.3 is 6.18 Å². The zero-order valence-corrected chi connectivity index (χ0v) is 9.52. The third-order valence-electron chi connectivity index (χ3n) is 2.49. The Morgan fingerprint density at radius 2 is 1.89 bits per heavy atom. The average Bonchev–Trinajstić information content (AvgIpc) is 2.78. The first kappa shape index (κ1) is 12.6. The first-order valence-electron chi connectivity index (χ1n) is 5.24. The summed E-state index contributed by atoms with van der Waals surface area (Å²) in [5.41, 5.74) is 0.491. The van der Waals surface area contributed by atoms with Crippen molar-refractivity contribution in [3.05, 3.63) is 42.2 Å². The molecule has 2 aromatic rings. The molecular formula is C11H11F3N4. The molecule has 1 atom stereocenters. The number of rotatable bonds is 3. The van der Waals surface area contributed by atoms with Crippen molar-refractivity contribution < 1.29 is 13.2 Å². The Morgan fingerprint density at radius 1 is 1.22 bits per heavy atom. The predicted octanol–water partition coefficient (Wildman–Crippen LogP) is 2.09. The molecule has 0 saturated carbocycles. The topological polar surface area (TPSA) is 42.7 Å².